The molecule has 25 heavy (non-hydrogen) atoms. The Morgan fingerprint density at radius 3 is 2.36 bits per heavy atom. The van der Waals surface area contributed by atoms with Crippen LogP contribution >= 0.6 is 24.8 Å². The Morgan fingerprint density at radius 2 is 1.68 bits per heavy atom. The molecule has 0 amide bonds. The lowest BCUT2D eigenvalue weighted by molar-refractivity contribution is 0.142. The smallest absolute Gasteiger partial charge is 0.122 e. The molecular weight excluding hydrogens is 359 g/mol. The van der Waals surface area contributed by atoms with Crippen LogP contribution in [0, 0.1) is 0 Å². The van der Waals surface area contributed by atoms with Crippen molar-refractivity contribution in [2.75, 3.05) is 20.2 Å². The number of halogens is 2. The van der Waals surface area contributed by atoms with Crippen LogP contribution in [0.15, 0.2) is 54.6 Å². The second kappa shape index (κ2) is 13.0. The number of hydrogen-bond acceptors (Lipinski definition) is 4. The number of methoxy groups -OCH3 is 1. The van der Waals surface area contributed by atoms with Gasteiger partial charge in [-0.1, -0.05) is 48.5 Å². The van der Waals surface area contributed by atoms with Crippen LogP contribution in [-0.2, 0) is 12.8 Å². The first kappa shape index (κ1) is 23.7. The lowest BCUT2D eigenvalue weighted by Gasteiger charge is -2.19. The van der Waals surface area contributed by atoms with E-state index in [0.717, 1.165) is 29.8 Å². The van der Waals surface area contributed by atoms with E-state index in [4.69, 9.17) is 10.5 Å². The molecule has 4 N–H and O–H groups in total. The summed E-state index contributed by atoms with van der Waals surface area (Å²) >= 11 is 0. The zero-order chi connectivity index (χ0) is 16.5. The quantitative estimate of drug-likeness (QED) is 0.579. The molecule has 0 aliphatic carbocycles. The van der Waals surface area contributed by atoms with Gasteiger partial charge in [0.2, 0.25) is 0 Å². The zero-order valence-corrected chi connectivity index (χ0v) is 16.1. The van der Waals surface area contributed by atoms with Crippen LogP contribution in [0.2, 0.25) is 0 Å². The summed E-state index contributed by atoms with van der Waals surface area (Å²) in [5.74, 6) is 0.899. The summed E-state index contributed by atoms with van der Waals surface area (Å²) in [6.07, 6.45) is 0.966. The molecule has 2 aromatic rings. The monoisotopic (exact) mass is 386 g/mol. The molecule has 0 bridgehead atoms. The fourth-order valence-corrected chi connectivity index (χ4v) is 2.56. The summed E-state index contributed by atoms with van der Waals surface area (Å²) in [5.41, 5.74) is 8.38. The van der Waals surface area contributed by atoms with Crippen LogP contribution in [0.5, 0.6) is 5.75 Å². The summed E-state index contributed by atoms with van der Waals surface area (Å²) in [6, 6.07) is 17.7. The van der Waals surface area contributed by atoms with Gasteiger partial charge in [0, 0.05) is 12.6 Å². The van der Waals surface area contributed by atoms with Gasteiger partial charge in [0.25, 0.3) is 0 Å². The van der Waals surface area contributed by atoms with E-state index in [9.17, 15) is 5.11 Å². The predicted molar refractivity (Wildman–Crippen MR) is 108 cm³/mol. The molecule has 0 unspecified atom stereocenters. The number of nitrogens with two attached hydrogens (primary N) is 1. The Hall–Kier alpha value is -1.30. The van der Waals surface area contributed by atoms with Gasteiger partial charge in [-0.15, -0.1) is 24.8 Å². The van der Waals surface area contributed by atoms with Crippen molar-refractivity contribution in [1.82, 2.24) is 5.32 Å². The first-order valence-electron chi connectivity index (χ1n) is 8.01. The maximum Gasteiger partial charge on any atom is 0.122 e. The summed E-state index contributed by atoms with van der Waals surface area (Å²) in [5, 5.41) is 13.4. The molecule has 6 heteroatoms. The Kier molecular flexibility index (Phi) is 12.3. The molecule has 0 aliphatic rings. The lowest BCUT2D eigenvalue weighted by Crippen LogP contribution is -2.43. The van der Waals surface area contributed by atoms with Crippen LogP contribution in [0.4, 0.5) is 0 Å². The van der Waals surface area contributed by atoms with E-state index in [2.05, 4.69) is 11.4 Å². The number of aliphatic hydroxyl groups is 1. The highest BCUT2D eigenvalue weighted by atomic mass is 35.5. The maximum atomic E-state index is 10.2. The van der Waals surface area contributed by atoms with Gasteiger partial charge in [-0.3, -0.25) is 0 Å². The van der Waals surface area contributed by atoms with E-state index >= 15 is 0 Å². The third-order valence-electron chi connectivity index (χ3n) is 3.93. The molecule has 2 rings (SSSR count). The number of nitrogens with one attached hydrogen (secondary N) is 1. The molecule has 0 fully saturated rings. The van der Waals surface area contributed by atoms with Gasteiger partial charge in [0.15, 0.2) is 0 Å². The summed E-state index contributed by atoms with van der Waals surface area (Å²) < 4.78 is 5.33. The predicted octanol–water partition coefficient (Wildman–Crippen LogP) is 2.60. The average molecular weight is 387 g/mol. The largest absolute Gasteiger partial charge is 0.496 e. The fraction of sp³-hybridized carbons (Fsp3) is 0.368. The second-order valence-corrected chi connectivity index (χ2v) is 5.69. The lowest BCUT2D eigenvalue weighted by atomic mass is 10.0. The van der Waals surface area contributed by atoms with Gasteiger partial charge in [-0.25, -0.2) is 0 Å². The minimum absolute atomic E-state index is 0. The number of benzene rings is 2. The van der Waals surface area contributed by atoms with Crippen LogP contribution in [0.1, 0.15) is 11.1 Å². The summed E-state index contributed by atoms with van der Waals surface area (Å²) in [7, 11) is 1.68. The number of aliphatic hydroxyl groups excluding tert-OH is 1. The van der Waals surface area contributed by atoms with E-state index in [1.54, 1.807) is 7.11 Å². The maximum absolute atomic E-state index is 10.2. The third-order valence-corrected chi connectivity index (χ3v) is 3.93. The number of rotatable bonds is 9. The second-order valence-electron chi connectivity index (χ2n) is 5.69. The van der Waals surface area contributed by atoms with E-state index in [0.29, 0.717) is 13.0 Å². The van der Waals surface area contributed by atoms with Crippen LogP contribution < -0.4 is 15.8 Å². The van der Waals surface area contributed by atoms with E-state index in [1.807, 2.05) is 48.5 Å². The molecule has 0 heterocycles. The minimum atomic E-state index is -0.562. The molecule has 0 aliphatic heterocycles. The molecule has 0 radical (unpaired) electrons. The van der Waals surface area contributed by atoms with E-state index in [1.165, 1.54) is 0 Å². The van der Waals surface area contributed by atoms with Crippen molar-refractivity contribution < 1.29 is 9.84 Å². The Morgan fingerprint density at radius 1 is 1.04 bits per heavy atom. The van der Waals surface area contributed by atoms with Crippen molar-refractivity contribution in [2.45, 2.75) is 25.0 Å². The Balaban J connectivity index is 0.00000288. The minimum Gasteiger partial charge on any atom is -0.496 e. The first-order valence-corrected chi connectivity index (χ1v) is 8.01. The highest BCUT2D eigenvalue weighted by Crippen LogP contribution is 2.17. The van der Waals surface area contributed by atoms with Gasteiger partial charge in [-0.05, 0) is 36.6 Å². The summed E-state index contributed by atoms with van der Waals surface area (Å²) in [6.45, 7) is 1.26. The molecule has 4 nitrogen and oxygen atoms in total. The Labute approximate surface area is 162 Å². The topological polar surface area (TPSA) is 67.5 Å². The zero-order valence-electron chi connectivity index (χ0n) is 14.4. The van der Waals surface area contributed by atoms with Crippen LogP contribution in [0.3, 0.4) is 0 Å². The van der Waals surface area contributed by atoms with Gasteiger partial charge >= 0.3 is 0 Å². The SMILES string of the molecule is COc1ccccc1CCNC[C@@H](O)[C@@H](N)Cc1ccccc1.Cl.Cl. The van der Waals surface area contributed by atoms with Gasteiger partial charge < -0.3 is 20.9 Å². The number of ether oxygens (including phenoxy) is 1. The number of hydrogen-bond donors (Lipinski definition) is 3. The van der Waals surface area contributed by atoms with Crippen LogP contribution in [0.25, 0.3) is 0 Å². The molecule has 0 saturated heterocycles. The van der Waals surface area contributed by atoms with Crippen molar-refractivity contribution in [3.63, 3.8) is 0 Å². The molecule has 0 saturated carbocycles. The van der Waals surface area contributed by atoms with Gasteiger partial charge in [-0.2, -0.15) is 0 Å². The molecular formula is C19H28Cl2N2O2. The highest BCUT2D eigenvalue weighted by Gasteiger charge is 2.14. The van der Waals surface area contributed by atoms with Gasteiger partial charge in [0.05, 0.1) is 13.2 Å². The van der Waals surface area contributed by atoms with Crippen LogP contribution in [-0.4, -0.2) is 37.5 Å². The molecule has 0 aromatic heterocycles. The van der Waals surface area contributed by atoms with Crippen molar-refractivity contribution >= 4 is 24.8 Å². The Bertz CT molecular complexity index is 585. The third kappa shape index (κ3) is 8.08. The average Bonchev–Trinajstić information content (AvgIpc) is 2.59. The number of para-hydroxylation sites is 1. The standard InChI is InChI=1S/C19H26N2O2.2ClH/c1-23-19-10-6-5-9-16(19)11-12-21-14-18(22)17(20)13-15-7-3-2-4-8-15;;/h2-10,17-18,21-22H,11-14,20H2,1H3;2*1H/t17-,18+;;/m0../s1. The van der Waals surface area contributed by atoms with Crippen molar-refractivity contribution in [3.8, 4) is 5.75 Å². The van der Waals surface area contributed by atoms with Crippen molar-refractivity contribution in [3.05, 3.63) is 65.7 Å². The van der Waals surface area contributed by atoms with E-state index < -0.39 is 6.10 Å². The molecule has 2 aromatic carbocycles. The normalized spacial score (nSPS) is 12.4. The fourth-order valence-electron chi connectivity index (χ4n) is 2.56. The first-order chi connectivity index (χ1) is 11.2. The molecule has 140 valence electrons. The summed E-state index contributed by atoms with van der Waals surface area (Å²) in [4.78, 5) is 0. The highest BCUT2D eigenvalue weighted by molar-refractivity contribution is 5.85. The van der Waals surface area contributed by atoms with E-state index in [-0.39, 0.29) is 30.9 Å². The van der Waals surface area contributed by atoms with Gasteiger partial charge in [0.1, 0.15) is 5.75 Å². The van der Waals surface area contributed by atoms with Crippen molar-refractivity contribution in [1.29, 1.82) is 0 Å². The van der Waals surface area contributed by atoms with Crippen molar-refractivity contribution in [2.24, 2.45) is 5.73 Å². The molecule has 2 atom stereocenters. The molecule has 0 spiro atoms.